The fourth-order valence-corrected chi connectivity index (χ4v) is 4.67. The summed E-state index contributed by atoms with van der Waals surface area (Å²) < 4.78 is 38.6. The highest BCUT2D eigenvalue weighted by atomic mass is 32.1. The third-order valence-electron chi connectivity index (χ3n) is 5.13. The van der Waals surface area contributed by atoms with Crippen LogP contribution in [0.4, 0.5) is 18.2 Å². The summed E-state index contributed by atoms with van der Waals surface area (Å²) in [4.78, 5) is 5.56. The number of aliphatic imine (C=N–C) groups is 1. The minimum absolute atomic E-state index is 0.204. The topological polar surface area (TPSA) is 36.1 Å². The van der Waals surface area contributed by atoms with Crippen LogP contribution in [0.25, 0.3) is 0 Å². The first-order chi connectivity index (χ1) is 12.6. The lowest BCUT2D eigenvalue weighted by molar-refractivity contribution is -0.137. The zero-order chi connectivity index (χ0) is 19.8. The van der Waals surface area contributed by atoms with Crippen molar-refractivity contribution in [3.05, 3.63) is 51.4 Å². The van der Waals surface area contributed by atoms with Crippen LogP contribution < -0.4 is 0 Å². The Balaban J connectivity index is 1.90. The van der Waals surface area contributed by atoms with Crippen LogP contribution >= 0.6 is 11.3 Å². The molecule has 3 rings (SSSR count). The Morgan fingerprint density at radius 3 is 2.63 bits per heavy atom. The maximum absolute atomic E-state index is 12.9. The molecule has 0 unspecified atom stereocenters. The van der Waals surface area contributed by atoms with Gasteiger partial charge in [-0.05, 0) is 53.9 Å². The Bertz CT molecular complexity index is 911. The second kappa shape index (κ2) is 7.12. The van der Waals surface area contributed by atoms with E-state index in [9.17, 15) is 18.4 Å². The van der Waals surface area contributed by atoms with E-state index in [1.807, 2.05) is 0 Å². The van der Waals surface area contributed by atoms with E-state index in [-0.39, 0.29) is 5.41 Å². The Hall–Kier alpha value is -2.13. The summed E-state index contributed by atoms with van der Waals surface area (Å²) in [6, 6.07) is 7.29. The molecule has 0 saturated heterocycles. The van der Waals surface area contributed by atoms with Crippen LogP contribution in [0.1, 0.15) is 54.3 Å². The van der Waals surface area contributed by atoms with Gasteiger partial charge < -0.3 is 0 Å². The number of hydrogen-bond acceptors (Lipinski definition) is 3. The highest BCUT2D eigenvalue weighted by Gasteiger charge is 2.32. The lowest BCUT2D eigenvalue weighted by Crippen LogP contribution is -2.26. The second-order valence-corrected chi connectivity index (χ2v) is 9.07. The molecule has 2 aromatic rings. The normalized spacial score (nSPS) is 17.7. The first-order valence-corrected chi connectivity index (χ1v) is 9.67. The lowest BCUT2D eigenvalue weighted by atomic mass is 9.72. The van der Waals surface area contributed by atoms with Gasteiger partial charge in [0.15, 0.2) is 0 Å². The number of halogens is 3. The molecule has 0 aliphatic heterocycles. The summed E-state index contributed by atoms with van der Waals surface area (Å²) >= 11 is 1.49. The summed E-state index contributed by atoms with van der Waals surface area (Å²) in [5.74, 6) is 0.551. The Morgan fingerprint density at radius 1 is 1.26 bits per heavy atom. The second-order valence-electron chi connectivity index (χ2n) is 7.98. The van der Waals surface area contributed by atoms with E-state index in [2.05, 4.69) is 31.8 Å². The van der Waals surface area contributed by atoms with Crippen LogP contribution in [0.3, 0.4) is 0 Å². The zero-order valence-corrected chi connectivity index (χ0v) is 16.3. The standard InChI is InChI=1S/C21H21F3N2S/c1-20(2,3)14-7-8-16-17(11-25)19(27-18(16)10-14)26-12-13-5-4-6-15(9-13)21(22,23)24/h4-6,9,12,14H,7-8,10H2,1-3H3/t14-/m0/s1. The molecule has 0 amide bonds. The van der Waals surface area contributed by atoms with Crippen LogP contribution in [-0.2, 0) is 19.0 Å². The molecule has 1 atom stereocenters. The molecule has 1 aromatic heterocycles. The van der Waals surface area contributed by atoms with Gasteiger partial charge in [-0.2, -0.15) is 18.4 Å². The summed E-state index contributed by atoms with van der Waals surface area (Å²) in [6.45, 7) is 6.69. The number of fused-ring (bicyclic) bond motifs is 1. The van der Waals surface area contributed by atoms with Gasteiger partial charge in [-0.25, -0.2) is 4.99 Å². The van der Waals surface area contributed by atoms with Gasteiger partial charge in [0.1, 0.15) is 11.1 Å². The molecule has 2 nitrogen and oxygen atoms in total. The minimum Gasteiger partial charge on any atom is -0.244 e. The largest absolute Gasteiger partial charge is 0.416 e. The molecular formula is C21H21F3N2S. The molecule has 0 radical (unpaired) electrons. The highest BCUT2D eigenvalue weighted by Crippen LogP contribution is 2.44. The van der Waals surface area contributed by atoms with Gasteiger partial charge >= 0.3 is 6.18 Å². The SMILES string of the molecule is CC(C)(C)[C@H]1CCc2c(sc(N=Cc3cccc(C(F)(F)F)c3)c2C#N)C1. The molecule has 0 N–H and O–H groups in total. The van der Waals surface area contributed by atoms with Crippen molar-refractivity contribution in [1.82, 2.24) is 0 Å². The van der Waals surface area contributed by atoms with Crippen molar-refractivity contribution < 1.29 is 13.2 Å². The summed E-state index contributed by atoms with van der Waals surface area (Å²) in [6.07, 6.45) is -0.147. The highest BCUT2D eigenvalue weighted by molar-refractivity contribution is 7.16. The van der Waals surface area contributed by atoms with Gasteiger partial charge in [-0.1, -0.05) is 32.9 Å². The van der Waals surface area contributed by atoms with Crippen molar-refractivity contribution in [1.29, 1.82) is 5.26 Å². The molecule has 1 heterocycles. The van der Waals surface area contributed by atoms with Crippen molar-refractivity contribution >= 4 is 22.6 Å². The summed E-state index contributed by atoms with van der Waals surface area (Å²) in [5, 5.41) is 10.2. The van der Waals surface area contributed by atoms with Crippen molar-refractivity contribution in [2.24, 2.45) is 16.3 Å². The van der Waals surface area contributed by atoms with E-state index in [4.69, 9.17) is 0 Å². The van der Waals surface area contributed by atoms with E-state index < -0.39 is 11.7 Å². The average molecular weight is 390 g/mol. The number of nitriles is 1. The number of nitrogens with zero attached hydrogens (tertiary/aromatic N) is 2. The molecule has 0 saturated carbocycles. The molecule has 0 bridgehead atoms. The van der Waals surface area contributed by atoms with E-state index >= 15 is 0 Å². The van der Waals surface area contributed by atoms with E-state index in [0.717, 1.165) is 37.0 Å². The van der Waals surface area contributed by atoms with Gasteiger partial charge in [-0.3, -0.25) is 0 Å². The zero-order valence-electron chi connectivity index (χ0n) is 15.5. The molecule has 0 spiro atoms. The smallest absolute Gasteiger partial charge is 0.244 e. The van der Waals surface area contributed by atoms with Crippen LogP contribution in [0.2, 0.25) is 0 Å². The molecule has 27 heavy (non-hydrogen) atoms. The fourth-order valence-electron chi connectivity index (χ4n) is 3.45. The maximum atomic E-state index is 12.9. The minimum atomic E-state index is -4.38. The van der Waals surface area contributed by atoms with E-state index in [0.29, 0.717) is 22.0 Å². The molecule has 0 fully saturated rings. The van der Waals surface area contributed by atoms with Gasteiger partial charge in [-0.15, -0.1) is 11.3 Å². The van der Waals surface area contributed by atoms with Crippen molar-refractivity contribution in [3.8, 4) is 6.07 Å². The number of hydrogen-bond donors (Lipinski definition) is 0. The van der Waals surface area contributed by atoms with Crippen LogP contribution in [0.15, 0.2) is 29.3 Å². The summed E-state index contributed by atoms with van der Waals surface area (Å²) in [7, 11) is 0. The molecule has 1 aliphatic rings. The molecule has 1 aliphatic carbocycles. The van der Waals surface area contributed by atoms with E-state index in [1.165, 1.54) is 28.5 Å². The molecule has 142 valence electrons. The number of benzene rings is 1. The first kappa shape index (κ1) is 19.6. The summed E-state index contributed by atoms with van der Waals surface area (Å²) in [5.41, 5.74) is 1.51. The monoisotopic (exact) mass is 390 g/mol. The number of alkyl halides is 3. The maximum Gasteiger partial charge on any atom is 0.416 e. The predicted octanol–water partition coefficient (Wildman–Crippen LogP) is 6.54. The van der Waals surface area contributed by atoms with Gasteiger partial charge in [0.2, 0.25) is 0 Å². The van der Waals surface area contributed by atoms with Gasteiger partial charge in [0, 0.05) is 11.1 Å². The molecule has 6 heteroatoms. The van der Waals surface area contributed by atoms with Gasteiger partial charge in [0.05, 0.1) is 11.1 Å². The van der Waals surface area contributed by atoms with Crippen LogP contribution in [-0.4, -0.2) is 6.21 Å². The Morgan fingerprint density at radius 2 is 2.00 bits per heavy atom. The van der Waals surface area contributed by atoms with Crippen molar-refractivity contribution in [2.75, 3.05) is 0 Å². The quantitative estimate of drug-likeness (QED) is 0.536. The van der Waals surface area contributed by atoms with Gasteiger partial charge in [0.25, 0.3) is 0 Å². The Kier molecular flexibility index (Phi) is 5.18. The van der Waals surface area contributed by atoms with Crippen LogP contribution in [0, 0.1) is 22.7 Å². The Labute approximate surface area is 161 Å². The lowest BCUT2D eigenvalue weighted by Gasteiger charge is -2.33. The third kappa shape index (κ3) is 4.24. The molecule has 1 aromatic carbocycles. The number of rotatable bonds is 2. The first-order valence-electron chi connectivity index (χ1n) is 8.85. The average Bonchev–Trinajstić information content (AvgIpc) is 2.95. The predicted molar refractivity (Wildman–Crippen MR) is 103 cm³/mol. The fraction of sp³-hybridized carbons (Fsp3) is 0.429. The van der Waals surface area contributed by atoms with Crippen LogP contribution in [0.5, 0.6) is 0 Å². The number of thiophene rings is 1. The van der Waals surface area contributed by atoms with Crippen molar-refractivity contribution in [3.63, 3.8) is 0 Å². The van der Waals surface area contributed by atoms with E-state index in [1.54, 1.807) is 6.07 Å². The third-order valence-corrected chi connectivity index (χ3v) is 6.29. The molecular weight excluding hydrogens is 369 g/mol. The van der Waals surface area contributed by atoms with Crippen molar-refractivity contribution in [2.45, 2.75) is 46.2 Å².